The van der Waals surface area contributed by atoms with Crippen LogP contribution in [0.3, 0.4) is 0 Å². The average molecular weight is 394 g/mol. The van der Waals surface area contributed by atoms with Crippen molar-refractivity contribution in [1.82, 2.24) is 10.6 Å². The van der Waals surface area contributed by atoms with Crippen molar-refractivity contribution in [2.24, 2.45) is 0 Å². The second-order valence-corrected chi connectivity index (χ2v) is 7.04. The van der Waals surface area contributed by atoms with Crippen LogP contribution in [0.5, 0.6) is 0 Å². The van der Waals surface area contributed by atoms with Crippen molar-refractivity contribution >= 4 is 17.8 Å². The third-order valence-corrected chi connectivity index (χ3v) is 4.51. The zero-order valence-electron chi connectivity index (χ0n) is 16.7. The molecule has 0 aromatic heterocycles. The number of carboxylic acids is 1. The molecule has 0 aliphatic rings. The molecule has 0 saturated carbocycles. The van der Waals surface area contributed by atoms with Crippen molar-refractivity contribution < 1.29 is 23.9 Å². The molecule has 2 amide bonds. The van der Waals surface area contributed by atoms with Crippen molar-refractivity contribution in [3.8, 4) is 0 Å². The SMILES string of the molecule is CCCCCCCC[C@H](NC(=O)[C@H](Cc1ccc(F)cc1)NC(C)=O)C(=O)O. The van der Waals surface area contributed by atoms with Crippen molar-refractivity contribution in [2.45, 2.75) is 77.3 Å². The highest BCUT2D eigenvalue weighted by Crippen LogP contribution is 2.10. The molecule has 1 rings (SSSR count). The van der Waals surface area contributed by atoms with Gasteiger partial charge in [0, 0.05) is 13.3 Å². The Kier molecular flexibility index (Phi) is 10.8. The summed E-state index contributed by atoms with van der Waals surface area (Å²) >= 11 is 0. The largest absolute Gasteiger partial charge is 0.480 e. The molecule has 1 aromatic carbocycles. The van der Waals surface area contributed by atoms with E-state index in [0.717, 1.165) is 25.7 Å². The van der Waals surface area contributed by atoms with E-state index in [1.165, 1.54) is 37.6 Å². The first kappa shape index (κ1) is 23.6. The second kappa shape index (κ2) is 12.9. The van der Waals surface area contributed by atoms with Crippen molar-refractivity contribution in [3.63, 3.8) is 0 Å². The number of aliphatic carboxylic acids is 1. The number of carbonyl (C=O) groups excluding carboxylic acids is 2. The lowest BCUT2D eigenvalue weighted by Crippen LogP contribution is -2.52. The number of unbranched alkanes of at least 4 members (excludes halogenated alkanes) is 5. The fourth-order valence-corrected chi connectivity index (χ4v) is 2.97. The standard InChI is InChI=1S/C21H31FN2O4/c1-3-4-5-6-7-8-9-18(21(27)28)24-20(26)19(23-15(2)25)14-16-10-12-17(22)13-11-16/h10-13,18-19H,3-9,14H2,1-2H3,(H,23,25)(H,24,26)(H,27,28)/t18-,19-/m0/s1. The molecular weight excluding hydrogens is 363 g/mol. The van der Waals surface area contributed by atoms with Gasteiger partial charge in [0.1, 0.15) is 17.9 Å². The quantitative estimate of drug-likeness (QED) is 0.448. The molecule has 0 aliphatic heterocycles. The van der Waals surface area contributed by atoms with Crippen molar-refractivity contribution in [2.75, 3.05) is 0 Å². The van der Waals surface area contributed by atoms with Gasteiger partial charge in [0.25, 0.3) is 0 Å². The third-order valence-electron chi connectivity index (χ3n) is 4.51. The molecule has 0 aliphatic carbocycles. The van der Waals surface area contributed by atoms with Gasteiger partial charge in [0.05, 0.1) is 0 Å². The van der Waals surface area contributed by atoms with Crippen molar-refractivity contribution in [1.29, 1.82) is 0 Å². The summed E-state index contributed by atoms with van der Waals surface area (Å²) in [5.74, 6) is -2.44. The Balaban J connectivity index is 2.64. The zero-order valence-corrected chi connectivity index (χ0v) is 16.7. The summed E-state index contributed by atoms with van der Waals surface area (Å²) in [7, 11) is 0. The molecule has 6 nitrogen and oxygen atoms in total. The Morgan fingerprint density at radius 3 is 2.14 bits per heavy atom. The number of carboxylic acid groups (broad SMARTS) is 1. The van der Waals surface area contributed by atoms with E-state index in [0.29, 0.717) is 18.4 Å². The van der Waals surface area contributed by atoms with Gasteiger partial charge < -0.3 is 15.7 Å². The van der Waals surface area contributed by atoms with E-state index >= 15 is 0 Å². The van der Waals surface area contributed by atoms with E-state index in [2.05, 4.69) is 17.6 Å². The molecule has 0 unspecified atom stereocenters. The first-order chi connectivity index (χ1) is 13.3. The number of rotatable bonds is 13. The molecular formula is C21H31FN2O4. The highest BCUT2D eigenvalue weighted by atomic mass is 19.1. The monoisotopic (exact) mass is 394 g/mol. The van der Waals surface area contributed by atoms with E-state index in [9.17, 15) is 23.9 Å². The van der Waals surface area contributed by atoms with Crippen LogP contribution in [0.1, 0.15) is 64.4 Å². The van der Waals surface area contributed by atoms with Crippen molar-refractivity contribution in [3.05, 3.63) is 35.6 Å². The maximum absolute atomic E-state index is 13.1. The van der Waals surface area contributed by atoms with Gasteiger partial charge in [-0.25, -0.2) is 9.18 Å². The molecule has 0 radical (unpaired) electrons. The summed E-state index contributed by atoms with van der Waals surface area (Å²) in [6.45, 7) is 3.42. The number of carbonyl (C=O) groups is 3. The van der Waals surface area contributed by atoms with Gasteiger partial charge in [-0.3, -0.25) is 9.59 Å². The normalized spacial score (nSPS) is 12.8. The summed E-state index contributed by atoms with van der Waals surface area (Å²) < 4.78 is 13.1. The number of nitrogens with one attached hydrogen (secondary N) is 2. The van der Waals surface area contributed by atoms with Gasteiger partial charge in [-0.1, -0.05) is 57.6 Å². The molecule has 7 heteroatoms. The van der Waals surface area contributed by atoms with E-state index in [-0.39, 0.29) is 6.42 Å². The van der Waals surface area contributed by atoms with Crippen LogP contribution in [0.4, 0.5) is 4.39 Å². The maximum Gasteiger partial charge on any atom is 0.326 e. The van der Waals surface area contributed by atoms with Crippen LogP contribution in [0.15, 0.2) is 24.3 Å². The average Bonchev–Trinajstić information content (AvgIpc) is 2.64. The Bertz CT molecular complexity index is 634. The van der Waals surface area contributed by atoms with Crippen LogP contribution in [0.2, 0.25) is 0 Å². The predicted octanol–water partition coefficient (Wildman–Crippen LogP) is 3.19. The van der Waals surface area contributed by atoms with Crippen LogP contribution < -0.4 is 10.6 Å². The number of hydrogen-bond donors (Lipinski definition) is 3. The summed E-state index contributed by atoms with van der Waals surface area (Å²) in [4.78, 5) is 35.5. The lowest BCUT2D eigenvalue weighted by atomic mass is 10.0. The van der Waals surface area contributed by atoms with E-state index in [1.807, 2.05) is 0 Å². The van der Waals surface area contributed by atoms with Crippen LogP contribution >= 0.6 is 0 Å². The summed E-state index contributed by atoms with van der Waals surface area (Å²) in [5, 5.41) is 14.5. The molecule has 0 bridgehead atoms. The first-order valence-electron chi connectivity index (χ1n) is 9.88. The van der Waals surface area contributed by atoms with E-state index in [4.69, 9.17) is 0 Å². The van der Waals surface area contributed by atoms with Crippen LogP contribution in [-0.4, -0.2) is 35.0 Å². The maximum atomic E-state index is 13.1. The minimum atomic E-state index is -1.09. The summed E-state index contributed by atoms with van der Waals surface area (Å²) in [6.07, 6.45) is 6.61. The molecule has 1 aromatic rings. The smallest absolute Gasteiger partial charge is 0.326 e. The van der Waals surface area contributed by atoms with Gasteiger partial charge in [-0.2, -0.15) is 0 Å². The lowest BCUT2D eigenvalue weighted by Gasteiger charge is -2.21. The fourth-order valence-electron chi connectivity index (χ4n) is 2.97. The summed E-state index contributed by atoms with van der Waals surface area (Å²) in [5.41, 5.74) is 0.665. The Morgan fingerprint density at radius 2 is 1.57 bits per heavy atom. The molecule has 2 atom stereocenters. The number of benzene rings is 1. The van der Waals surface area contributed by atoms with Crippen LogP contribution in [0.25, 0.3) is 0 Å². The summed E-state index contributed by atoms with van der Waals surface area (Å²) in [6, 6.07) is 3.69. The van der Waals surface area contributed by atoms with E-state index in [1.54, 1.807) is 0 Å². The fraction of sp³-hybridized carbons (Fsp3) is 0.571. The Labute approximate surface area is 165 Å². The van der Waals surface area contributed by atoms with E-state index < -0.39 is 35.7 Å². The third kappa shape index (κ3) is 9.48. The van der Waals surface area contributed by atoms with Crippen LogP contribution in [-0.2, 0) is 20.8 Å². The number of hydrogen-bond acceptors (Lipinski definition) is 3. The number of amides is 2. The molecule has 0 heterocycles. The molecule has 0 saturated heterocycles. The number of halogens is 1. The molecule has 156 valence electrons. The van der Waals surface area contributed by atoms with Gasteiger partial charge in [-0.15, -0.1) is 0 Å². The molecule has 3 N–H and O–H groups in total. The molecule has 0 fully saturated rings. The Hall–Kier alpha value is -2.44. The van der Waals surface area contributed by atoms with Gasteiger partial charge >= 0.3 is 5.97 Å². The van der Waals surface area contributed by atoms with Crippen LogP contribution in [0, 0.1) is 5.82 Å². The van der Waals surface area contributed by atoms with Gasteiger partial charge in [0.2, 0.25) is 11.8 Å². The molecule has 0 spiro atoms. The highest BCUT2D eigenvalue weighted by molar-refractivity contribution is 5.90. The highest BCUT2D eigenvalue weighted by Gasteiger charge is 2.25. The predicted molar refractivity (Wildman–Crippen MR) is 105 cm³/mol. The topological polar surface area (TPSA) is 95.5 Å². The Morgan fingerprint density at radius 1 is 0.964 bits per heavy atom. The zero-order chi connectivity index (χ0) is 20.9. The first-order valence-corrected chi connectivity index (χ1v) is 9.88. The second-order valence-electron chi connectivity index (χ2n) is 7.04. The minimum absolute atomic E-state index is 0.148. The van der Waals surface area contributed by atoms with Gasteiger partial charge in [-0.05, 0) is 24.1 Å². The van der Waals surface area contributed by atoms with Gasteiger partial charge in [0.15, 0.2) is 0 Å². The molecule has 28 heavy (non-hydrogen) atoms. The minimum Gasteiger partial charge on any atom is -0.480 e. The lowest BCUT2D eigenvalue weighted by molar-refractivity contribution is -0.142.